The summed E-state index contributed by atoms with van der Waals surface area (Å²) in [5.74, 6) is -0.125. The van der Waals surface area contributed by atoms with E-state index in [9.17, 15) is 9.59 Å². The Morgan fingerprint density at radius 1 is 1.15 bits per heavy atom. The summed E-state index contributed by atoms with van der Waals surface area (Å²) in [4.78, 5) is 32.2. The molecule has 26 heavy (non-hydrogen) atoms. The van der Waals surface area contributed by atoms with Crippen LogP contribution in [-0.2, 0) is 13.0 Å². The number of aromatic nitrogens is 1. The van der Waals surface area contributed by atoms with Gasteiger partial charge in [-0.25, -0.2) is 4.98 Å². The first-order valence-electron chi connectivity index (χ1n) is 8.20. The van der Waals surface area contributed by atoms with Crippen LogP contribution >= 0.6 is 23.7 Å². The van der Waals surface area contributed by atoms with Crippen molar-refractivity contribution in [1.29, 1.82) is 0 Å². The molecule has 0 unspecified atom stereocenters. The molecule has 0 spiro atoms. The van der Waals surface area contributed by atoms with Crippen LogP contribution in [-0.4, -0.2) is 53.8 Å². The molecular formula is C18H25ClN4O2S. The predicted octanol–water partition coefficient (Wildman–Crippen LogP) is 2.43. The number of nitrogens with zero attached hydrogens (tertiary/aromatic N) is 3. The summed E-state index contributed by atoms with van der Waals surface area (Å²) in [6.07, 6.45) is 0.686. The van der Waals surface area contributed by atoms with E-state index in [0.29, 0.717) is 37.3 Å². The summed E-state index contributed by atoms with van der Waals surface area (Å²) in [5, 5.41) is 2.67. The minimum absolute atomic E-state index is 0. The van der Waals surface area contributed by atoms with Gasteiger partial charge in [-0.1, -0.05) is 12.1 Å². The fourth-order valence-electron chi connectivity index (χ4n) is 2.37. The van der Waals surface area contributed by atoms with Gasteiger partial charge in [0.25, 0.3) is 11.8 Å². The van der Waals surface area contributed by atoms with E-state index in [4.69, 9.17) is 5.73 Å². The van der Waals surface area contributed by atoms with Gasteiger partial charge in [0.15, 0.2) is 0 Å². The first-order chi connectivity index (χ1) is 12.0. The van der Waals surface area contributed by atoms with Gasteiger partial charge in [-0.2, -0.15) is 0 Å². The van der Waals surface area contributed by atoms with Crippen molar-refractivity contribution < 1.29 is 9.59 Å². The Morgan fingerprint density at radius 3 is 2.35 bits per heavy atom. The Kier molecular flexibility index (Phi) is 8.71. The van der Waals surface area contributed by atoms with Crippen molar-refractivity contribution in [3.63, 3.8) is 0 Å². The van der Waals surface area contributed by atoms with Crippen molar-refractivity contribution in [1.82, 2.24) is 14.8 Å². The number of halogens is 1. The standard InChI is InChI=1S/C18H24N4O2S.ClH/c1-4-22(18(24)15-12-25-16(20-15)9-10-19)11-13-5-7-14(8-6-13)17(23)21(2)3;/h5-8,12H,4,9-11,19H2,1-3H3;1H. The molecule has 0 radical (unpaired) electrons. The van der Waals surface area contributed by atoms with E-state index < -0.39 is 0 Å². The summed E-state index contributed by atoms with van der Waals surface area (Å²) >= 11 is 1.46. The lowest BCUT2D eigenvalue weighted by atomic mass is 10.1. The second kappa shape index (κ2) is 10.3. The van der Waals surface area contributed by atoms with Gasteiger partial charge in [0.1, 0.15) is 5.69 Å². The van der Waals surface area contributed by atoms with Crippen LogP contribution in [0.1, 0.15) is 38.3 Å². The van der Waals surface area contributed by atoms with E-state index in [2.05, 4.69) is 4.98 Å². The summed E-state index contributed by atoms with van der Waals surface area (Å²) in [6, 6.07) is 7.34. The van der Waals surface area contributed by atoms with Gasteiger partial charge in [-0.3, -0.25) is 9.59 Å². The number of carbonyl (C=O) groups excluding carboxylic acids is 2. The van der Waals surface area contributed by atoms with Gasteiger partial charge < -0.3 is 15.5 Å². The van der Waals surface area contributed by atoms with Gasteiger partial charge >= 0.3 is 0 Å². The number of carbonyl (C=O) groups is 2. The average molecular weight is 397 g/mol. The van der Waals surface area contributed by atoms with E-state index in [1.807, 2.05) is 19.1 Å². The minimum atomic E-state index is -0.0875. The molecule has 6 nitrogen and oxygen atoms in total. The first-order valence-corrected chi connectivity index (χ1v) is 9.08. The topological polar surface area (TPSA) is 79.5 Å². The molecule has 2 aromatic rings. The number of rotatable bonds is 7. The van der Waals surface area contributed by atoms with Crippen molar-refractivity contribution in [2.45, 2.75) is 19.9 Å². The van der Waals surface area contributed by atoms with E-state index >= 15 is 0 Å². The second-order valence-corrected chi connectivity index (χ2v) is 6.82. The molecule has 0 fully saturated rings. The lowest BCUT2D eigenvalue weighted by Crippen LogP contribution is -2.30. The van der Waals surface area contributed by atoms with Gasteiger partial charge in [0.2, 0.25) is 0 Å². The highest BCUT2D eigenvalue weighted by Crippen LogP contribution is 2.15. The largest absolute Gasteiger partial charge is 0.345 e. The highest BCUT2D eigenvalue weighted by molar-refractivity contribution is 7.09. The minimum Gasteiger partial charge on any atom is -0.345 e. The van der Waals surface area contributed by atoms with Crippen LogP contribution < -0.4 is 5.73 Å². The quantitative estimate of drug-likeness (QED) is 0.779. The third-order valence-electron chi connectivity index (χ3n) is 3.78. The molecular weight excluding hydrogens is 372 g/mol. The number of hydrogen-bond acceptors (Lipinski definition) is 5. The van der Waals surface area contributed by atoms with Gasteiger partial charge in [0, 0.05) is 44.5 Å². The molecule has 0 bridgehead atoms. The van der Waals surface area contributed by atoms with Crippen LogP contribution in [0.3, 0.4) is 0 Å². The molecule has 2 rings (SSSR count). The Hall–Kier alpha value is -1.96. The van der Waals surface area contributed by atoms with Crippen molar-refractivity contribution in [2.75, 3.05) is 27.2 Å². The zero-order valence-electron chi connectivity index (χ0n) is 15.3. The molecule has 1 aromatic heterocycles. The number of nitrogens with two attached hydrogens (primary N) is 1. The zero-order valence-corrected chi connectivity index (χ0v) is 16.9. The van der Waals surface area contributed by atoms with Crippen molar-refractivity contribution in [2.24, 2.45) is 5.73 Å². The fourth-order valence-corrected chi connectivity index (χ4v) is 3.16. The Bertz CT molecular complexity index is 731. The van der Waals surface area contributed by atoms with E-state index in [1.165, 1.54) is 16.2 Å². The molecule has 142 valence electrons. The van der Waals surface area contributed by atoms with Crippen LogP contribution in [0.5, 0.6) is 0 Å². The third kappa shape index (κ3) is 5.52. The molecule has 0 atom stereocenters. The van der Waals surface area contributed by atoms with Crippen LogP contribution in [0.2, 0.25) is 0 Å². The van der Waals surface area contributed by atoms with Crippen molar-refractivity contribution >= 4 is 35.6 Å². The highest BCUT2D eigenvalue weighted by atomic mass is 35.5. The molecule has 0 saturated carbocycles. The fraction of sp³-hybridized carbons (Fsp3) is 0.389. The Morgan fingerprint density at radius 2 is 1.81 bits per heavy atom. The number of thiazole rings is 1. The van der Waals surface area contributed by atoms with Crippen molar-refractivity contribution in [3.05, 3.63) is 51.5 Å². The van der Waals surface area contributed by atoms with Crippen LogP contribution in [0, 0.1) is 0 Å². The molecule has 0 saturated heterocycles. The molecule has 2 amide bonds. The molecule has 0 aliphatic carbocycles. The second-order valence-electron chi connectivity index (χ2n) is 5.88. The summed E-state index contributed by atoms with van der Waals surface area (Å²) in [6.45, 7) is 3.53. The summed E-state index contributed by atoms with van der Waals surface area (Å²) in [7, 11) is 3.45. The third-order valence-corrected chi connectivity index (χ3v) is 4.69. The van der Waals surface area contributed by atoms with Crippen molar-refractivity contribution in [3.8, 4) is 0 Å². The molecule has 1 heterocycles. The lowest BCUT2D eigenvalue weighted by Gasteiger charge is -2.20. The molecule has 0 aliphatic heterocycles. The number of amides is 2. The smallest absolute Gasteiger partial charge is 0.273 e. The van der Waals surface area contributed by atoms with E-state index in [0.717, 1.165) is 10.6 Å². The highest BCUT2D eigenvalue weighted by Gasteiger charge is 2.18. The predicted molar refractivity (Wildman–Crippen MR) is 107 cm³/mol. The van der Waals surface area contributed by atoms with Crippen LogP contribution in [0.25, 0.3) is 0 Å². The maximum Gasteiger partial charge on any atom is 0.273 e. The maximum absolute atomic E-state index is 12.6. The Balaban J connectivity index is 0.00000338. The normalized spacial score (nSPS) is 10.2. The average Bonchev–Trinajstić information content (AvgIpc) is 3.08. The molecule has 8 heteroatoms. The van der Waals surface area contributed by atoms with Crippen LogP contribution in [0.4, 0.5) is 0 Å². The van der Waals surface area contributed by atoms with Gasteiger partial charge in [0.05, 0.1) is 5.01 Å². The SMILES string of the molecule is CCN(Cc1ccc(C(=O)N(C)C)cc1)C(=O)c1csc(CCN)n1.Cl. The van der Waals surface area contributed by atoms with Gasteiger partial charge in [-0.05, 0) is 31.2 Å². The molecule has 1 aromatic carbocycles. The van der Waals surface area contributed by atoms with Gasteiger partial charge in [-0.15, -0.1) is 23.7 Å². The first kappa shape index (κ1) is 22.1. The summed E-state index contributed by atoms with van der Waals surface area (Å²) in [5.41, 5.74) is 7.61. The number of hydrogen-bond donors (Lipinski definition) is 1. The monoisotopic (exact) mass is 396 g/mol. The number of benzene rings is 1. The van der Waals surface area contributed by atoms with Crippen LogP contribution in [0.15, 0.2) is 29.6 Å². The van der Waals surface area contributed by atoms with E-state index in [-0.39, 0.29) is 24.2 Å². The maximum atomic E-state index is 12.6. The molecule has 2 N–H and O–H groups in total. The molecule has 0 aliphatic rings. The summed E-state index contributed by atoms with van der Waals surface area (Å²) < 4.78 is 0. The Labute approximate surface area is 164 Å². The zero-order chi connectivity index (χ0) is 18.4. The lowest BCUT2D eigenvalue weighted by molar-refractivity contribution is 0.0746. The van der Waals surface area contributed by atoms with E-state index in [1.54, 1.807) is 36.5 Å².